The van der Waals surface area contributed by atoms with Gasteiger partial charge in [-0.15, -0.1) is 10.2 Å². The summed E-state index contributed by atoms with van der Waals surface area (Å²) in [6.07, 6.45) is 3.83. The largest absolute Gasteiger partial charge is 0.378 e. The van der Waals surface area contributed by atoms with Gasteiger partial charge in [-0.3, -0.25) is 9.36 Å². The van der Waals surface area contributed by atoms with Crippen LogP contribution in [-0.4, -0.2) is 57.7 Å². The molecule has 0 atom stereocenters. The highest BCUT2D eigenvalue weighted by atomic mass is 35.5. The Labute approximate surface area is 160 Å². The van der Waals surface area contributed by atoms with Crippen LogP contribution in [0, 0.1) is 0 Å². The number of aromatic nitrogens is 4. The fourth-order valence-corrected chi connectivity index (χ4v) is 3.76. The number of morpholine rings is 1. The molecule has 26 heavy (non-hydrogen) atoms. The maximum Gasteiger partial charge on any atom is 0.234 e. The molecule has 0 radical (unpaired) electrons. The molecule has 138 valence electrons. The highest BCUT2D eigenvalue weighted by Crippen LogP contribution is 2.41. The predicted molar refractivity (Wildman–Crippen MR) is 99.9 cm³/mol. The van der Waals surface area contributed by atoms with Gasteiger partial charge in [0.2, 0.25) is 11.9 Å². The summed E-state index contributed by atoms with van der Waals surface area (Å²) in [4.78, 5) is 18.4. The zero-order valence-electron chi connectivity index (χ0n) is 14.1. The first kappa shape index (κ1) is 17.6. The number of hydrogen-bond acceptors (Lipinski definition) is 7. The molecule has 1 saturated carbocycles. The number of nitrogens with one attached hydrogen (secondary N) is 1. The molecule has 0 spiro atoms. The Morgan fingerprint density at radius 2 is 2.15 bits per heavy atom. The molecular weight excluding hydrogens is 376 g/mol. The minimum atomic E-state index is -0.150. The van der Waals surface area contributed by atoms with Gasteiger partial charge in [0.15, 0.2) is 10.3 Å². The van der Waals surface area contributed by atoms with Gasteiger partial charge in [-0.2, -0.15) is 0 Å². The van der Waals surface area contributed by atoms with Crippen LogP contribution in [0.1, 0.15) is 18.9 Å². The first-order valence-electron chi connectivity index (χ1n) is 8.53. The summed E-state index contributed by atoms with van der Waals surface area (Å²) < 4.78 is 7.58. The van der Waals surface area contributed by atoms with Crippen molar-refractivity contribution >= 4 is 40.9 Å². The zero-order valence-corrected chi connectivity index (χ0v) is 15.7. The van der Waals surface area contributed by atoms with Gasteiger partial charge in [-0.1, -0.05) is 23.4 Å². The summed E-state index contributed by atoms with van der Waals surface area (Å²) in [6, 6.07) is 3.88. The molecule has 1 amide bonds. The summed E-state index contributed by atoms with van der Waals surface area (Å²) in [5, 5.41) is 12.5. The number of anilines is 2. The van der Waals surface area contributed by atoms with Crippen LogP contribution in [-0.2, 0) is 9.53 Å². The summed E-state index contributed by atoms with van der Waals surface area (Å²) in [7, 11) is 0. The lowest BCUT2D eigenvalue weighted by Gasteiger charge is -2.27. The van der Waals surface area contributed by atoms with Crippen molar-refractivity contribution in [2.24, 2.45) is 0 Å². The molecule has 0 aromatic carbocycles. The number of ether oxygens (including phenoxy) is 1. The van der Waals surface area contributed by atoms with E-state index >= 15 is 0 Å². The Morgan fingerprint density at radius 3 is 2.88 bits per heavy atom. The number of thioether (sulfide) groups is 1. The van der Waals surface area contributed by atoms with E-state index in [0.29, 0.717) is 24.9 Å². The van der Waals surface area contributed by atoms with Crippen LogP contribution in [0.5, 0.6) is 0 Å². The smallest absolute Gasteiger partial charge is 0.234 e. The first-order chi connectivity index (χ1) is 12.7. The monoisotopic (exact) mass is 394 g/mol. The fraction of sp³-hybridized carbons (Fsp3) is 0.500. The standard InChI is InChI=1S/C16H19ClN6O2S/c17-14-12(2-1-5-18-14)19-13(24)10-26-16-21-20-15(23(16)11-3-4-11)22-6-8-25-9-7-22/h1-2,5,11H,3-4,6-10H2,(H,19,24). The summed E-state index contributed by atoms with van der Waals surface area (Å²) in [6.45, 7) is 3.04. The topological polar surface area (TPSA) is 85.2 Å². The van der Waals surface area contributed by atoms with Gasteiger partial charge in [0, 0.05) is 25.3 Å². The lowest BCUT2D eigenvalue weighted by atomic mass is 10.4. The van der Waals surface area contributed by atoms with E-state index in [9.17, 15) is 4.79 Å². The molecule has 3 heterocycles. The van der Waals surface area contributed by atoms with E-state index in [2.05, 4.69) is 30.0 Å². The molecule has 10 heteroatoms. The molecular formula is C16H19ClN6O2S. The van der Waals surface area contributed by atoms with E-state index in [1.807, 2.05) is 0 Å². The molecule has 8 nitrogen and oxygen atoms in total. The Bertz CT molecular complexity index is 791. The summed E-state index contributed by atoms with van der Waals surface area (Å²) >= 11 is 7.36. The van der Waals surface area contributed by atoms with Crippen LogP contribution >= 0.6 is 23.4 Å². The average molecular weight is 395 g/mol. The minimum absolute atomic E-state index is 0.150. The quantitative estimate of drug-likeness (QED) is 0.594. The number of amides is 1. The number of carbonyl (C=O) groups excluding carboxylic acids is 1. The molecule has 2 aromatic heterocycles. The maximum absolute atomic E-state index is 12.2. The lowest BCUT2D eigenvalue weighted by molar-refractivity contribution is -0.113. The van der Waals surface area contributed by atoms with Gasteiger partial charge >= 0.3 is 0 Å². The van der Waals surface area contributed by atoms with Gasteiger partial charge in [-0.25, -0.2) is 4.98 Å². The maximum atomic E-state index is 12.2. The molecule has 0 bridgehead atoms. The number of rotatable bonds is 6. The van der Waals surface area contributed by atoms with Gasteiger partial charge in [-0.05, 0) is 25.0 Å². The van der Waals surface area contributed by atoms with Crippen molar-refractivity contribution in [2.75, 3.05) is 42.3 Å². The number of pyridine rings is 1. The van der Waals surface area contributed by atoms with Crippen molar-refractivity contribution < 1.29 is 9.53 Å². The number of nitrogens with zero attached hydrogens (tertiary/aromatic N) is 5. The van der Waals surface area contributed by atoms with Crippen molar-refractivity contribution in [3.05, 3.63) is 23.5 Å². The van der Waals surface area contributed by atoms with Crippen LogP contribution < -0.4 is 10.2 Å². The van der Waals surface area contributed by atoms with Gasteiger partial charge < -0.3 is 15.0 Å². The lowest BCUT2D eigenvalue weighted by Crippen LogP contribution is -2.38. The Hall–Kier alpha value is -1.84. The molecule has 1 saturated heterocycles. The fourth-order valence-electron chi connectivity index (χ4n) is 2.79. The van der Waals surface area contributed by atoms with Gasteiger partial charge in [0.1, 0.15) is 0 Å². The Morgan fingerprint density at radius 1 is 1.35 bits per heavy atom. The Kier molecular flexibility index (Phi) is 5.28. The second kappa shape index (κ2) is 7.81. The van der Waals surface area contributed by atoms with E-state index in [1.165, 1.54) is 11.8 Å². The Balaban J connectivity index is 1.42. The molecule has 2 aliphatic rings. The van der Waals surface area contributed by atoms with Gasteiger partial charge in [0.25, 0.3) is 0 Å². The number of carbonyl (C=O) groups is 1. The predicted octanol–water partition coefficient (Wildman–Crippen LogP) is 2.23. The third kappa shape index (κ3) is 3.94. The normalized spacial score (nSPS) is 17.3. The van der Waals surface area contributed by atoms with Gasteiger partial charge in [0.05, 0.1) is 24.7 Å². The van der Waals surface area contributed by atoms with Crippen molar-refractivity contribution in [1.82, 2.24) is 19.7 Å². The van der Waals surface area contributed by atoms with E-state index in [1.54, 1.807) is 18.3 Å². The van der Waals surface area contributed by atoms with E-state index in [4.69, 9.17) is 16.3 Å². The van der Waals surface area contributed by atoms with E-state index < -0.39 is 0 Å². The summed E-state index contributed by atoms with van der Waals surface area (Å²) in [5.74, 6) is 0.969. The average Bonchev–Trinajstić information content (AvgIpc) is 3.42. The van der Waals surface area contributed by atoms with Crippen LogP contribution in [0.25, 0.3) is 0 Å². The first-order valence-corrected chi connectivity index (χ1v) is 9.89. The molecule has 1 aliphatic heterocycles. The third-order valence-corrected chi connectivity index (χ3v) is 5.46. The van der Waals surface area contributed by atoms with E-state index in [-0.39, 0.29) is 16.8 Å². The van der Waals surface area contributed by atoms with Crippen molar-refractivity contribution in [3.63, 3.8) is 0 Å². The summed E-state index contributed by atoms with van der Waals surface area (Å²) in [5.41, 5.74) is 0.512. The molecule has 4 rings (SSSR count). The van der Waals surface area contributed by atoms with Crippen LogP contribution in [0.3, 0.4) is 0 Å². The highest BCUT2D eigenvalue weighted by molar-refractivity contribution is 7.99. The number of hydrogen-bond donors (Lipinski definition) is 1. The zero-order chi connectivity index (χ0) is 17.9. The number of halogens is 1. The second-order valence-electron chi connectivity index (χ2n) is 6.16. The third-order valence-electron chi connectivity index (χ3n) is 4.22. The van der Waals surface area contributed by atoms with E-state index in [0.717, 1.165) is 37.0 Å². The second-order valence-corrected chi connectivity index (χ2v) is 7.46. The SMILES string of the molecule is O=C(CSc1nnc(N2CCOCC2)n1C1CC1)Nc1cccnc1Cl. The van der Waals surface area contributed by atoms with Crippen molar-refractivity contribution in [3.8, 4) is 0 Å². The molecule has 2 fully saturated rings. The molecule has 2 aromatic rings. The minimum Gasteiger partial charge on any atom is -0.378 e. The molecule has 1 N–H and O–H groups in total. The van der Waals surface area contributed by atoms with Crippen molar-refractivity contribution in [1.29, 1.82) is 0 Å². The molecule has 0 unspecified atom stereocenters. The highest BCUT2D eigenvalue weighted by Gasteiger charge is 2.32. The van der Waals surface area contributed by atoms with Crippen LogP contribution in [0.15, 0.2) is 23.5 Å². The molecule has 1 aliphatic carbocycles. The van der Waals surface area contributed by atoms with Crippen molar-refractivity contribution in [2.45, 2.75) is 24.0 Å². The van der Waals surface area contributed by atoms with Crippen LogP contribution in [0.4, 0.5) is 11.6 Å². The van der Waals surface area contributed by atoms with Crippen LogP contribution in [0.2, 0.25) is 5.15 Å².